The maximum Gasteiger partial charge on any atom is 0.152 e. The molecule has 2 atom stereocenters. The van der Waals surface area contributed by atoms with E-state index in [0.29, 0.717) is 5.92 Å². The van der Waals surface area contributed by atoms with E-state index in [1.807, 2.05) is 6.08 Å². The molecule has 0 rings (SSSR count). The average Bonchev–Trinajstić information content (AvgIpc) is 2.27. The van der Waals surface area contributed by atoms with Crippen molar-refractivity contribution in [3.05, 3.63) is 12.2 Å². The molecule has 0 N–H and O–H groups in total. The Hall–Kier alpha value is -0.590. The highest BCUT2D eigenvalue weighted by molar-refractivity contribution is 5.87. The van der Waals surface area contributed by atoms with Crippen molar-refractivity contribution in [3.8, 4) is 0 Å². The molecule has 0 saturated carbocycles. The first-order chi connectivity index (χ1) is 8.91. The van der Waals surface area contributed by atoms with E-state index < -0.39 is 0 Å². The third kappa shape index (κ3) is 13.6. The molecule has 1 heteroatoms. The minimum absolute atomic E-state index is 0.158. The first kappa shape index (κ1) is 18.4. The summed E-state index contributed by atoms with van der Waals surface area (Å²) in [5, 5.41) is 0. The molecule has 19 heavy (non-hydrogen) atoms. The monoisotopic (exact) mass is 266 g/mol. The van der Waals surface area contributed by atoms with E-state index >= 15 is 0 Å². The van der Waals surface area contributed by atoms with Gasteiger partial charge >= 0.3 is 0 Å². The Morgan fingerprint density at radius 2 is 1.42 bits per heavy atom. The molecule has 0 aliphatic rings. The van der Waals surface area contributed by atoms with E-state index in [1.54, 1.807) is 13.0 Å². The number of carbonyl (C=O) groups is 1. The van der Waals surface area contributed by atoms with E-state index in [2.05, 4.69) is 27.7 Å². The minimum Gasteiger partial charge on any atom is -0.295 e. The highest BCUT2D eigenvalue weighted by Gasteiger charge is 2.05. The Bertz CT molecular complexity index is 252. The summed E-state index contributed by atoms with van der Waals surface area (Å²) < 4.78 is 0. The van der Waals surface area contributed by atoms with Crippen LogP contribution in [0, 0.1) is 17.8 Å². The van der Waals surface area contributed by atoms with Gasteiger partial charge in [0.25, 0.3) is 0 Å². The fourth-order valence-corrected chi connectivity index (χ4v) is 2.42. The highest BCUT2D eigenvalue weighted by Crippen LogP contribution is 2.20. The number of allylic oxidation sites excluding steroid dienone is 2. The van der Waals surface area contributed by atoms with Crippen molar-refractivity contribution in [2.24, 2.45) is 17.8 Å². The standard InChI is InChI=1S/C18H34O/c1-15(2)9-6-10-16(3)11-7-12-17(4)13-8-14-18(5)19/h8,14-17H,6-7,9-13H2,1-5H3/t16-,17-/m1/s1. The lowest BCUT2D eigenvalue weighted by Crippen LogP contribution is -1.99. The third-order valence-electron chi connectivity index (χ3n) is 3.76. The number of hydrogen-bond acceptors (Lipinski definition) is 1. The Morgan fingerprint density at radius 3 is 1.95 bits per heavy atom. The van der Waals surface area contributed by atoms with Crippen molar-refractivity contribution in [3.63, 3.8) is 0 Å². The summed E-state index contributed by atoms with van der Waals surface area (Å²) >= 11 is 0. The molecular weight excluding hydrogens is 232 g/mol. The third-order valence-corrected chi connectivity index (χ3v) is 3.76. The molecule has 0 amide bonds. The molecule has 0 radical (unpaired) electrons. The van der Waals surface area contributed by atoms with E-state index in [4.69, 9.17) is 0 Å². The van der Waals surface area contributed by atoms with Gasteiger partial charge in [-0.2, -0.15) is 0 Å². The molecule has 112 valence electrons. The summed E-state index contributed by atoms with van der Waals surface area (Å²) in [5.74, 6) is 2.59. The quantitative estimate of drug-likeness (QED) is 0.432. The van der Waals surface area contributed by atoms with Crippen LogP contribution in [0.2, 0.25) is 0 Å². The lowest BCUT2D eigenvalue weighted by atomic mass is 9.92. The second-order valence-electron chi connectivity index (χ2n) is 6.71. The molecule has 0 aliphatic carbocycles. The Labute approximate surface area is 120 Å². The van der Waals surface area contributed by atoms with Crippen LogP contribution in [0.1, 0.15) is 79.6 Å². The average molecular weight is 266 g/mol. The van der Waals surface area contributed by atoms with Crippen LogP contribution in [0.5, 0.6) is 0 Å². The van der Waals surface area contributed by atoms with Gasteiger partial charge in [0.2, 0.25) is 0 Å². The maximum absolute atomic E-state index is 10.8. The molecule has 0 spiro atoms. The van der Waals surface area contributed by atoms with Gasteiger partial charge < -0.3 is 0 Å². The Morgan fingerprint density at radius 1 is 0.895 bits per heavy atom. The molecule has 0 saturated heterocycles. The Balaban J connectivity index is 3.52. The first-order valence-corrected chi connectivity index (χ1v) is 8.09. The Kier molecular flexibility index (Phi) is 10.9. The van der Waals surface area contributed by atoms with Crippen molar-refractivity contribution >= 4 is 5.78 Å². The van der Waals surface area contributed by atoms with Crippen LogP contribution in [-0.4, -0.2) is 5.78 Å². The zero-order chi connectivity index (χ0) is 14.7. The van der Waals surface area contributed by atoms with Crippen LogP contribution in [-0.2, 0) is 4.79 Å². The van der Waals surface area contributed by atoms with Crippen LogP contribution in [0.25, 0.3) is 0 Å². The van der Waals surface area contributed by atoms with Crippen molar-refractivity contribution in [2.75, 3.05) is 0 Å². The zero-order valence-electron chi connectivity index (χ0n) is 13.7. The molecule has 0 aromatic rings. The summed E-state index contributed by atoms with van der Waals surface area (Å²) in [7, 11) is 0. The molecule has 1 nitrogen and oxygen atoms in total. The van der Waals surface area contributed by atoms with E-state index in [0.717, 1.165) is 18.3 Å². The van der Waals surface area contributed by atoms with Crippen molar-refractivity contribution in [1.29, 1.82) is 0 Å². The molecule has 0 bridgehead atoms. The predicted octanol–water partition coefficient (Wildman–Crippen LogP) is 5.79. The largest absolute Gasteiger partial charge is 0.295 e. The van der Waals surface area contributed by atoms with Crippen molar-refractivity contribution in [2.45, 2.75) is 79.6 Å². The molecule has 0 aromatic heterocycles. The second kappa shape index (κ2) is 11.3. The summed E-state index contributed by atoms with van der Waals surface area (Å²) in [6.45, 7) is 10.9. The van der Waals surface area contributed by atoms with Gasteiger partial charge in [-0.1, -0.05) is 72.3 Å². The molecule has 0 heterocycles. The summed E-state index contributed by atoms with van der Waals surface area (Å²) in [6, 6.07) is 0. The van der Waals surface area contributed by atoms with Gasteiger partial charge in [0.1, 0.15) is 0 Å². The maximum atomic E-state index is 10.8. The number of rotatable bonds is 11. The molecule has 0 unspecified atom stereocenters. The summed E-state index contributed by atoms with van der Waals surface area (Å²) in [6.07, 6.45) is 12.9. The highest BCUT2D eigenvalue weighted by atomic mass is 16.1. The molecule has 0 aromatic carbocycles. The van der Waals surface area contributed by atoms with Crippen LogP contribution < -0.4 is 0 Å². The van der Waals surface area contributed by atoms with E-state index in [9.17, 15) is 4.79 Å². The normalized spacial score (nSPS) is 15.1. The molecular formula is C18H34O. The SMILES string of the molecule is CC(=O)C=CC[C@H](C)CCC[C@H](C)CCCC(C)C. The van der Waals surface area contributed by atoms with Crippen LogP contribution in [0.3, 0.4) is 0 Å². The topological polar surface area (TPSA) is 17.1 Å². The van der Waals surface area contributed by atoms with Gasteiger partial charge in [-0.05, 0) is 37.2 Å². The van der Waals surface area contributed by atoms with Crippen LogP contribution >= 0.6 is 0 Å². The van der Waals surface area contributed by atoms with Gasteiger partial charge in [0.15, 0.2) is 5.78 Å². The number of ketones is 1. The summed E-state index contributed by atoms with van der Waals surface area (Å²) in [4.78, 5) is 10.8. The van der Waals surface area contributed by atoms with E-state index in [1.165, 1.54) is 38.5 Å². The lowest BCUT2D eigenvalue weighted by Gasteiger charge is -2.14. The number of carbonyl (C=O) groups excluding carboxylic acids is 1. The van der Waals surface area contributed by atoms with Crippen molar-refractivity contribution in [1.82, 2.24) is 0 Å². The van der Waals surface area contributed by atoms with Gasteiger partial charge in [0, 0.05) is 0 Å². The van der Waals surface area contributed by atoms with Gasteiger partial charge in [0.05, 0.1) is 0 Å². The zero-order valence-corrected chi connectivity index (χ0v) is 13.7. The fraction of sp³-hybridized carbons (Fsp3) is 0.833. The van der Waals surface area contributed by atoms with E-state index in [-0.39, 0.29) is 5.78 Å². The number of hydrogen-bond donors (Lipinski definition) is 0. The van der Waals surface area contributed by atoms with Gasteiger partial charge in [-0.3, -0.25) is 4.79 Å². The van der Waals surface area contributed by atoms with Crippen LogP contribution in [0.4, 0.5) is 0 Å². The van der Waals surface area contributed by atoms with Crippen molar-refractivity contribution < 1.29 is 4.79 Å². The smallest absolute Gasteiger partial charge is 0.152 e. The van der Waals surface area contributed by atoms with Gasteiger partial charge in [-0.15, -0.1) is 0 Å². The first-order valence-electron chi connectivity index (χ1n) is 8.09. The molecule has 0 fully saturated rings. The lowest BCUT2D eigenvalue weighted by molar-refractivity contribution is -0.112. The second-order valence-corrected chi connectivity index (χ2v) is 6.71. The summed E-state index contributed by atoms with van der Waals surface area (Å²) in [5.41, 5.74) is 0. The molecule has 0 aliphatic heterocycles. The fourth-order valence-electron chi connectivity index (χ4n) is 2.42. The van der Waals surface area contributed by atoms with Crippen LogP contribution in [0.15, 0.2) is 12.2 Å². The predicted molar refractivity (Wildman–Crippen MR) is 85.3 cm³/mol. The van der Waals surface area contributed by atoms with Gasteiger partial charge in [-0.25, -0.2) is 0 Å². The minimum atomic E-state index is 0.158.